The minimum Gasteiger partial charge on any atom is -0.494 e. The van der Waals surface area contributed by atoms with Gasteiger partial charge in [0.1, 0.15) is 0 Å². The smallest absolute Gasteiger partial charge is 0.165 e. The van der Waals surface area contributed by atoms with E-state index in [1.807, 2.05) is 30.5 Å². The molecular weight excluding hydrogens is 351 g/mol. The first-order chi connectivity index (χ1) is 12.6. The van der Waals surface area contributed by atoms with Crippen LogP contribution in [0.15, 0.2) is 36.4 Å². The van der Waals surface area contributed by atoms with Crippen LogP contribution in [0, 0.1) is 5.82 Å². The number of rotatable bonds is 3. The third-order valence-corrected chi connectivity index (χ3v) is 5.17. The van der Waals surface area contributed by atoms with Gasteiger partial charge in [0.25, 0.3) is 0 Å². The van der Waals surface area contributed by atoms with Crippen molar-refractivity contribution < 1.29 is 9.13 Å². The monoisotopic (exact) mass is 370 g/mol. The summed E-state index contributed by atoms with van der Waals surface area (Å²) in [5, 5.41) is 1.93. The Hall–Kier alpha value is -2.30. The molecule has 3 nitrogen and oxygen atoms in total. The highest BCUT2D eigenvalue weighted by Gasteiger charge is 2.21. The van der Waals surface area contributed by atoms with Crippen molar-refractivity contribution in [3.63, 3.8) is 0 Å². The number of aromatic nitrogens is 1. The number of ether oxygens (including phenoxy) is 1. The summed E-state index contributed by atoms with van der Waals surface area (Å²) in [6.07, 6.45) is 4.91. The molecular formula is C21H20ClFN2O. The topological polar surface area (TPSA) is 17.4 Å². The zero-order valence-electron chi connectivity index (χ0n) is 14.8. The summed E-state index contributed by atoms with van der Waals surface area (Å²) in [4.78, 5) is 2.32. The third-order valence-electron chi connectivity index (χ3n) is 4.93. The summed E-state index contributed by atoms with van der Waals surface area (Å²) in [5.41, 5.74) is 4.54. The van der Waals surface area contributed by atoms with Crippen LogP contribution in [-0.4, -0.2) is 30.2 Å². The van der Waals surface area contributed by atoms with Gasteiger partial charge < -0.3 is 14.2 Å². The van der Waals surface area contributed by atoms with E-state index in [1.54, 1.807) is 6.07 Å². The highest BCUT2D eigenvalue weighted by molar-refractivity contribution is 6.31. The molecule has 0 N–H and O–H groups in total. The summed E-state index contributed by atoms with van der Waals surface area (Å²) in [6.45, 7) is 1.92. The maximum atomic E-state index is 13.9. The Morgan fingerprint density at radius 1 is 1.19 bits per heavy atom. The zero-order chi connectivity index (χ0) is 18.3. The van der Waals surface area contributed by atoms with E-state index in [1.165, 1.54) is 29.8 Å². The number of fused-ring (bicyclic) bond motifs is 3. The molecule has 134 valence electrons. The van der Waals surface area contributed by atoms with Gasteiger partial charge in [0.2, 0.25) is 0 Å². The van der Waals surface area contributed by atoms with Crippen LogP contribution in [0.5, 0.6) is 5.75 Å². The normalized spacial score (nSPS) is 14.9. The molecule has 0 saturated carbocycles. The van der Waals surface area contributed by atoms with Crippen LogP contribution in [0.3, 0.4) is 0 Å². The second-order valence-electron chi connectivity index (χ2n) is 6.65. The number of nitrogens with zero attached hydrogens (tertiary/aromatic N) is 2. The van der Waals surface area contributed by atoms with Crippen molar-refractivity contribution in [2.45, 2.75) is 13.0 Å². The van der Waals surface area contributed by atoms with Gasteiger partial charge in [-0.25, -0.2) is 4.39 Å². The van der Waals surface area contributed by atoms with Crippen molar-refractivity contribution in [3.05, 3.63) is 64.1 Å². The van der Waals surface area contributed by atoms with E-state index in [4.69, 9.17) is 16.3 Å². The Morgan fingerprint density at radius 3 is 2.81 bits per heavy atom. The molecule has 0 saturated heterocycles. The molecule has 0 aliphatic carbocycles. The lowest BCUT2D eigenvalue weighted by Crippen LogP contribution is -2.26. The SMILES string of the molecule is COc1ccc(/C=C/n2c3c(c4cc(Cl)ccc42)CN(C)CC3)cc1F. The number of hydrogen-bond donors (Lipinski definition) is 0. The highest BCUT2D eigenvalue weighted by Crippen LogP contribution is 2.33. The third kappa shape index (κ3) is 3.00. The van der Waals surface area contributed by atoms with Crippen LogP contribution in [0.2, 0.25) is 5.02 Å². The molecule has 1 aliphatic rings. The first-order valence-electron chi connectivity index (χ1n) is 8.58. The average Bonchev–Trinajstić information content (AvgIpc) is 2.92. The number of benzene rings is 2. The molecule has 0 amide bonds. The molecule has 0 bridgehead atoms. The molecule has 0 atom stereocenters. The van der Waals surface area contributed by atoms with E-state index < -0.39 is 0 Å². The molecule has 2 heterocycles. The van der Waals surface area contributed by atoms with Crippen LogP contribution in [0.4, 0.5) is 4.39 Å². The van der Waals surface area contributed by atoms with E-state index in [0.717, 1.165) is 35.6 Å². The summed E-state index contributed by atoms with van der Waals surface area (Å²) in [7, 11) is 3.60. The highest BCUT2D eigenvalue weighted by atomic mass is 35.5. The van der Waals surface area contributed by atoms with Crippen LogP contribution < -0.4 is 4.74 Å². The molecule has 4 rings (SSSR count). The standard InChI is InChI=1S/C21H20ClFN2O/c1-24-9-8-20-17(13-24)16-12-15(22)4-5-19(16)25(20)10-7-14-3-6-21(26-2)18(23)11-14/h3-7,10-12H,8-9,13H2,1-2H3/b10-7+. The van der Waals surface area contributed by atoms with Gasteiger partial charge in [-0.2, -0.15) is 0 Å². The quantitative estimate of drug-likeness (QED) is 0.641. The van der Waals surface area contributed by atoms with Gasteiger partial charge in [-0.15, -0.1) is 0 Å². The van der Waals surface area contributed by atoms with Crippen molar-refractivity contribution in [3.8, 4) is 5.75 Å². The Morgan fingerprint density at radius 2 is 2.04 bits per heavy atom. The maximum Gasteiger partial charge on any atom is 0.165 e. The van der Waals surface area contributed by atoms with Gasteiger partial charge in [-0.05, 0) is 54.6 Å². The van der Waals surface area contributed by atoms with Gasteiger partial charge in [0.05, 0.1) is 12.6 Å². The van der Waals surface area contributed by atoms with Crippen molar-refractivity contribution in [1.29, 1.82) is 0 Å². The summed E-state index contributed by atoms with van der Waals surface area (Å²) >= 11 is 6.23. The summed E-state index contributed by atoms with van der Waals surface area (Å²) < 4.78 is 21.1. The fraction of sp³-hybridized carbons (Fsp3) is 0.238. The lowest BCUT2D eigenvalue weighted by Gasteiger charge is -2.23. The molecule has 0 fully saturated rings. The second-order valence-corrected chi connectivity index (χ2v) is 7.09. The fourth-order valence-electron chi connectivity index (χ4n) is 3.62. The van der Waals surface area contributed by atoms with Crippen molar-refractivity contribution in [2.75, 3.05) is 20.7 Å². The molecule has 2 aromatic carbocycles. The zero-order valence-corrected chi connectivity index (χ0v) is 15.6. The number of likely N-dealkylation sites (N-methyl/N-ethyl adjacent to an activating group) is 1. The van der Waals surface area contributed by atoms with Gasteiger partial charge in [0.15, 0.2) is 11.6 Å². The Kier molecular flexibility index (Phi) is 4.47. The van der Waals surface area contributed by atoms with E-state index >= 15 is 0 Å². The summed E-state index contributed by atoms with van der Waals surface area (Å²) in [5.74, 6) is -0.105. The van der Waals surface area contributed by atoms with E-state index in [2.05, 4.69) is 22.6 Å². The molecule has 26 heavy (non-hydrogen) atoms. The average molecular weight is 371 g/mol. The lowest BCUT2D eigenvalue weighted by atomic mass is 10.1. The molecule has 0 radical (unpaired) electrons. The van der Waals surface area contributed by atoms with Crippen molar-refractivity contribution in [2.24, 2.45) is 0 Å². The number of methoxy groups -OCH3 is 1. The Labute approximate surface area is 157 Å². The molecule has 0 spiro atoms. The first-order valence-corrected chi connectivity index (χ1v) is 8.96. The van der Waals surface area contributed by atoms with E-state index in [9.17, 15) is 4.39 Å². The number of halogens is 2. The van der Waals surface area contributed by atoms with Gasteiger partial charge >= 0.3 is 0 Å². The molecule has 1 aliphatic heterocycles. The second kappa shape index (κ2) is 6.78. The Bertz CT molecular complexity index is 1010. The van der Waals surface area contributed by atoms with Crippen LogP contribution in [0.1, 0.15) is 16.8 Å². The summed E-state index contributed by atoms with van der Waals surface area (Å²) in [6, 6.07) is 11.0. The van der Waals surface area contributed by atoms with Gasteiger partial charge in [-0.1, -0.05) is 17.7 Å². The van der Waals surface area contributed by atoms with Crippen LogP contribution >= 0.6 is 11.6 Å². The van der Waals surface area contributed by atoms with Crippen molar-refractivity contribution in [1.82, 2.24) is 9.47 Å². The minimum atomic E-state index is -0.359. The van der Waals surface area contributed by atoms with Crippen molar-refractivity contribution >= 4 is 34.8 Å². The van der Waals surface area contributed by atoms with Gasteiger partial charge in [0, 0.05) is 41.8 Å². The van der Waals surface area contributed by atoms with E-state index in [0.29, 0.717) is 0 Å². The number of hydrogen-bond acceptors (Lipinski definition) is 2. The molecule has 3 aromatic rings. The molecule has 0 unspecified atom stereocenters. The maximum absolute atomic E-state index is 13.9. The minimum absolute atomic E-state index is 0.253. The molecule has 5 heteroatoms. The fourth-order valence-corrected chi connectivity index (χ4v) is 3.79. The molecule has 1 aromatic heterocycles. The van der Waals surface area contributed by atoms with Crippen LogP contribution in [0.25, 0.3) is 23.2 Å². The largest absolute Gasteiger partial charge is 0.494 e. The van der Waals surface area contributed by atoms with Crippen LogP contribution in [-0.2, 0) is 13.0 Å². The predicted octanol–water partition coefficient (Wildman–Crippen LogP) is 5.06. The lowest BCUT2D eigenvalue weighted by molar-refractivity contribution is 0.312. The van der Waals surface area contributed by atoms with Gasteiger partial charge in [-0.3, -0.25) is 0 Å². The first kappa shape index (κ1) is 17.1. The predicted molar refractivity (Wildman–Crippen MR) is 105 cm³/mol. The Balaban J connectivity index is 1.80. The van der Waals surface area contributed by atoms with E-state index in [-0.39, 0.29) is 11.6 Å².